The van der Waals surface area contributed by atoms with Gasteiger partial charge in [-0.1, -0.05) is 38.1 Å². The zero-order valence-electron chi connectivity index (χ0n) is 10.3. The zero-order valence-corrected chi connectivity index (χ0v) is 11.1. The monoisotopic (exact) mass is 239 g/mol. The number of hydrogen-bond donors (Lipinski definition) is 1. The minimum Gasteiger partial charge on any atom is -0.316 e. The lowest BCUT2D eigenvalue weighted by molar-refractivity contribution is 0.673. The topological polar surface area (TPSA) is 12.0 Å². The van der Waals surface area contributed by atoms with Gasteiger partial charge < -0.3 is 5.32 Å². The van der Waals surface area contributed by atoms with Gasteiger partial charge >= 0.3 is 0 Å². The SMILES string of the molecule is CC(C)c1ccc(CCNCCCCl)cc1. The number of halogens is 1. The summed E-state index contributed by atoms with van der Waals surface area (Å²) in [4.78, 5) is 0. The molecule has 0 amide bonds. The van der Waals surface area contributed by atoms with Gasteiger partial charge in [-0.3, -0.25) is 0 Å². The summed E-state index contributed by atoms with van der Waals surface area (Å²) in [7, 11) is 0. The lowest BCUT2D eigenvalue weighted by atomic mass is 10.0. The fourth-order valence-electron chi connectivity index (χ4n) is 1.62. The molecule has 0 aliphatic carbocycles. The Morgan fingerprint density at radius 2 is 1.81 bits per heavy atom. The molecule has 1 rings (SSSR count). The van der Waals surface area contributed by atoms with Gasteiger partial charge in [-0.2, -0.15) is 0 Å². The summed E-state index contributed by atoms with van der Waals surface area (Å²) in [6, 6.07) is 8.94. The number of alkyl halides is 1. The number of nitrogens with one attached hydrogen (secondary N) is 1. The molecule has 0 aromatic heterocycles. The molecule has 0 aliphatic rings. The van der Waals surface area contributed by atoms with Crippen molar-refractivity contribution < 1.29 is 0 Å². The highest BCUT2D eigenvalue weighted by Gasteiger charge is 1.98. The Morgan fingerprint density at radius 3 is 2.38 bits per heavy atom. The molecule has 0 fully saturated rings. The van der Waals surface area contributed by atoms with E-state index in [0.717, 1.165) is 31.8 Å². The van der Waals surface area contributed by atoms with Gasteiger partial charge in [0.1, 0.15) is 0 Å². The number of benzene rings is 1. The molecule has 1 aromatic carbocycles. The summed E-state index contributed by atoms with van der Waals surface area (Å²) in [6.07, 6.45) is 2.15. The molecule has 0 saturated heterocycles. The van der Waals surface area contributed by atoms with Crippen LogP contribution in [-0.4, -0.2) is 19.0 Å². The van der Waals surface area contributed by atoms with Gasteiger partial charge in [-0.05, 0) is 43.0 Å². The molecule has 0 radical (unpaired) electrons. The van der Waals surface area contributed by atoms with E-state index in [2.05, 4.69) is 43.4 Å². The molecule has 1 nitrogen and oxygen atoms in total. The van der Waals surface area contributed by atoms with Crippen LogP contribution in [0.4, 0.5) is 0 Å². The standard InChI is InChI=1S/C14H22ClN/c1-12(2)14-6-4-13(5-7-14)8-11-16-10-3-9-15/h4-7,12,16H,3,8-11H2,1-2H3. The summed E-state index contributed by atoms with van der Waals surface area (Å²) in [5.41, 5.74) is 2.82. The molecule has 1 N–H and O–H groups in total. The van der Waals surface area contributed by atoms with E-state index in [0.29, 0.717) is 5.92 Å². The Labute approximate surface area is 104 Å². The molecule has 2 heteroatoms. The van der Waals surface area contributed by atoms with Crippen molar-refractivity contribution in [3.8, 4) is 0 Å². The predicted octanol–water partition coefficient (Wildman–Crippen LogP) is 3.57. The van der Waals surface area contributed by atoms with Gasteiger partial charge in [-0.15, -0.1) is 11.6 Å². The van der Waals surface area contributed by atoms with Gasteiger partial charge in [0.25, 0.3) is 0 Å². The van der Waals surface area contributed by atoms with E-state index in [-0.39, 0.29) is 0 Å². The van der Waals surface area contributed by atoms with Gasteiger partial charge in [0.15, 0.2) is 0 Å². The van der Waals surface area contributed by atoms with Crippen LogP contribution in [0.25, 0.3) is 0 Å². The lowest BCUT2D eigenvalue weighted by Crippen LogP contribution is -2.18. The molecular formula is C14H22ClN. The summed E-state index contributed by atoms with van der Waals surface area (Å²) >= 11 is 5.60. The minimum absolute atomic E-state index is 0.621. The third kappa shape index (κ3) is 5.00. The van der Waals surface area contributed by atoms with Crippen molar-refractivity contribution in [1.29, 1.82) is 0 Å². The molecule has 1 aromatic rings. The molecule has 90 valence electrons. The van der Waals surface area contributed by atoms with Crippen molar-refractivity contribution in [1.82, 2.24) is 5.32 Å². The third-order valence-electron chi connectivity index (χ3n) is 2.72. The molecule has 0 atom stereocenters. The van der Waals surface area contributed by atoms with E-state index in [1.165, 1.54) is 11.1 Å². The van der Waals surface area contributed by atoms with Crippen LogP contribution in [0.2, 0.25) is 0 Å². The molecule has 0 saturated carbocycles. The van der Waals surface area contributed by atoms with Gasteiger partial charge in [0.2, 0.25) is 0 Å². The van der Waals surface area contributed by atoms with Gasteiger partial charge in [0.05, 0.1) is 0 Å². The molecule has 0 unspecified atom stereocenters. The van der Waals surface area contributed by atoms with E-state index in [1.54, 1.807) is 0 Å². The number of hydrogen-bond acceptors (Lipinski definition) is 1. The average Bonchev–Trinajstić information content (AvgIpc) is 2.29. The van der Waals surface area contributed by atoms with E-state index in [1.807, 2.05) is 0 Å². The normalized spacial score (nSPS) is 11.0. The quantitative estimate of drug-likeness (QED) is 0.567. The average molecular weight is 240 g/mol. The van der Waals surface area contributed by atoms with E-state index in [9.17, 15) is 0 Å². The first kappa shape index (κ1) is 13.5. The van der Waals surface area contributed by atoms with E-state index < -0.39 is 0 Å². The summed E-state index contributed by atoms with van der Waals surface area (Å²) < 4.78 is 0. The van der Waals surface area contributed by atoms with Crippen LogP contribution in [0.3, 0.4) is 0 Å². The van der Waals surface area contributed by atoms with Crippen LogP contribution >= 0.6 is 11.6 Å². The van der Waals surface area contributed by atoms with Crippen molar-refractivity contribution in [3.05, 3.63) is 35.4 Å². The van der Waals surface area contributed by atoms with Crippen molar-refractivity contribution in [3.63, 3.8) is 0 Å². The van der Waals surface area contributed by atoms with Crippen molar-refractivity contribution >= 4 is 11.6 Å². The maximum atomic E-state index is 5.60. The Hall–Kier alpha value is -0.530. The van der Waals surface area contributed by atoms with Crippen LogP contribution in [0.15, 0.2) is 24.3 Å². The summed E-state index contributed by atoms with van der Waals surface area (Å²) in [5, 5.41) is 3.39. The van der Waals surface area contributed by atoms with Crippen LogP contribution in [0.1, 0.15) is 37.3 Å². The van der Waals surface area contributed by atoms with E-state index in [4.69, 9.17) is 11.6 Å². The first-order chi connectivity index (χ1) is 7.74. The Balaban J connectivity index is 2.27. The highest BCUT2D eigenvalue weighted by Crippen LogP contribution is 2.14. The maximum absolute atomic E-state index is 5.60. The second-order valence-electron chi connectivity index (χ2n) is 4.44. The zero-order chi connectivity index (χ0) is 11.8. The predicted molar refractivity (Wildman–Crippen MR) is 72.4 cm³/mol. The maximum Gasteiger partial charge on any atom is 0.0235 e. The van der Waals surface area contributed by atoms with Crippen LogP contribution in [0.5, 0.6) is 0 Å². The van der Waals surface area contributed by atoms with Crippen LogP contribution in [0, 0.1) is 0 Å². The summed E-state index contributed by atoms with van der Waals surface area (Å²) in [5.74, 6) is 1.37. The van der Waals surface area contributed by atoms with Crippen molar-refractivity contribution in [2.24, 2.45) is 0 Å². The van der Waals surface area contributed by atoms with Gasteiger partial charge in [-0.25, -0.2) is 0 Å². The van der Waals surface area contributed by atoms with E-state index >= 15 is 0 Å². The second kappa shape index (κ2) is 7.70. The highest BCUT2D eigenvalue weighted by molar-refractivity contribution is 6.17. The third-order valence-corrected chi connectivity index (χ3v) is 2.99. The summed E-state index contributed by atoms with van der Waals surface area (Å²) in [6.45, 7) is 6.51. The molecule has 0 spiro atoms. The first-order valence-electron chi connectivity index (χ1n) is 6.09. The van der Waals surface area contributed by atoms with Crippen LogP contribution < -0.4 is 5.32 Å². The lowest BCUT2D eigenvalue weighted by Gasteiger charge is -2.07. The smallest absolute Gasteiger partial charge is 0.0235 e. The fourth-order valence-corrected chi connectivity index (χ4v) is 1.75. The highest BCUT2D eigenvalue weighted by atomic mass is 35.5. The molecular weight excluding hydrogens is 218 g/mol. The van der Waals surface area contributed by atoms with Gasteiger partial charge in [0, 0.05) is 5.88 Å². The van der Waals surface area contributed by atoms with Crippen LogP contribution in [-0.2, 0) is 6.42 Å². The first-order valence-corrected chi connectivity index (χ1v) is 6.63. The minimum atomic E-state index is 0.621. The Kier molecular flexibility index (Phi) is 6.51. The Morgan fingerprint density at radius 1 is 1.12 bits per heavy atom. The Bertz CT molecular complexity index is 279. The second-order valence-corrected chi connectivity index (χ2v) is 4.82. The molecule has 16 heavy (non-hydrogen) atoms. The molecule has 0 bridgehead atoms. The molecule has 0 heterocycles. The molecule has 0 aliphatic heterocycles. The van der Waals surface area contributed by atoms with Crippen molar-refractivity contribution in [2.75, 3.05) is 19.0 Å². The van der Waals surface area contributed by atoms with Crippen molar-refractivity contribution in [2.45, 2.75) is 32.6 Å². The fraction of sp³-hybridized carbons (Fsp3) is 0.571. The number of rotatable bonds is 7. The largest absolute Gasteiger partial charge is 0.316 e.